The van der Waals surface area contributed by atoms with Crippen molar-refractivity contribution < 1.29 is 4.79 Å². The van der Waals surface area contributed by atoms with Crippen LogP contribution in [0.3, 0.4) is 0 Å². The number of nitrogens with one attached hydrogen (secondary N) is 2. The van der Waals surface area contributed by atoms with Crippen LogP contribution in [0.25, 0.3) is 10.9 Å². The summed E-state index contributed by atoms with van der Waals surface area (Å²) in [7, 11) is 2.05. The van der Waals surface area contributed by atoms with Gasteiger partial charge in [0.05, 0.1) is 5.56 Å². The number of aromatic amines is 1. The van der Waals surface area contributed by atoms with Gasteiger partial charge in [-0.05, 0) is 39.1 Å². The van der Waals surface area contributed by atoms with Crippen molar-refractivity contribution >= 4 is 22.5 Å². The van der Waals surface area contributed by atoms with Crippen LogP contribution in [-0.2, 0) is 0 Å². The standard InChI is InChI=1S/C15H22N4O/c1-10(2)19(3)7-6-17-15(20)13-9-18-14-8-11(16)4-5-12(13)14/h4-5,8-10,18H,6-7,16H2,1-3H3,(H,17,20). The van der Waals surface area contributed by atoms with E-state index in [0.29, 0.717) is 23.8 Å². The van der Waals surface area contributed by atoms with Crippen molar-refractivity contribution in [2.24, 2.45) is 0 Å². The fraction of sp³-hybridized carbons (Fsp3) is 0.400. The summed E-state index contributed by atoms with van der Waals surface area (Å²) in [6.45, 7) is 5.73. The van der Waals surface area contributed by atoms with Crippen molar-refractivity contribution in [2.75, 3.05) is 25.9 Å². The van der Waals surface area contributed by atoms with Crippen molar-refractivity contribution in [2.45, 2.75) is 19.9 Å². The van der Waals surface area contributed by atoms with Crippen molar-refractivity contribution in [3.05, 3.63) is 30.0 Å². The summed E-state index contributed by atoms with van der Waals surface area (Å²) in [6, 6.07) is 5.98. The number of nitrogens with two attached hydrogens (primary N) is 1. The van der Waals surface area contributed by atoms with E-state index in [4.69, 9.17) is 5.73 Å². The molecule has 1 aromatic carbocycles. The summed E-state index contributed by atoms with van der Waals surface area (Å²) in [5.41, 5.74) is 7.95. The number of fused-ring (bicyclic) bond motifs is 1. The molecular weight excluding hydrogens is 252 g/mol. The molecular formula is C15H22N4O. The van der Waals surface area contributed by atoms with E-state index in [0.717, 1.165) is 17.4 Å². The van der Waals surface area contributed by atoms with Crippen LogP contribution < -0.4 is 11.1 Å². The Bertz CT molecular complexity index is 603. The van der Waals surface area contributed by atoms with E-state index in [1.807, 2.05) is 19.2 Å². The molecule has 0 aliphatic carbocycles. The lowest BCUT2D eigenvalue weighted by molar-refractivity contribution is 0.0949. The van der Waals surface area contributed by atoms with E-state index in [1.54, 1.807) is 12.3 Å². The van der Waals surface area contributed by atoms with Gasteiger partial charge in [0.25, 0.3) is 5.91 Å². The second-order valence-electron chi connectivity index (χ2n) is 5.34. The smallest absolute Gasteiger partial charge is 0.253 e. The molecule has 0 saturated heterocycles. The molecule has 2 rings (SSSR count). The fourth-order valence-corrected chi connectivity index (χ4v) is 2.03. The zero-order valence-electron chi connectivity index (χ0n) is 12.2. The van der Waals surface area contributed by atoms with Gasteiger partial charge in [0.1, 0.15) is 0 Å². The molecule has 0 unspecified atom stereocenters. The van der Waals surface area contributed by atoms with Crippen LogP contribution >= 0.6 is 0 Å². The molecule has 4 N–H and O–H groups in total. The van der Waals surface area contributed by atoms with Gasteiger partial charge in [-0.3, -0.25) is 4.79 Å². The molecule has 0 radical (unpaired) electrons. The molecule has 0 atom stereocenters. The molecule has 5 heteroatoms. The minimum Gasteiger partial charge on any atom is -0.399 e. The number of nitrogen functional groups attached to an aromatic ring is 1. The Hall–Kier alpha value is -2.01. The zero-order chi connectivity index (χ0) is 14.7. The van der Waals surface area contributed by atoms with E-state index >= 15 is 0 Å². The average Bonchev–Trinajstić information content (AvgIpc) is 2.81. The maximum Gasteiger partial charge on any atom is 0.253 e. The van der Waals surface area contributed by atoms with Crippen molar-refractivity contribution in [3.63, 3.8) is 0 Å². The molecule has 5 nitrogen and oxygen atoms in total. The van der Waals surface area contributed by atoms with Crippen LogP contribution in [0.5, 0.6) is 0 Å². The van der Waals surface area contributed by atoms with Gasteiger partial charge in [0.2, 0.25) is 0 Å². The van der Waals surface area contributed by atoms with Crippen LogP contribution in [0.1, 0.15) is 24.2 Å². The maximum absolute atomic E-state index is 12.2. The van der Waals surface area contributed by atoms with Crippen molar-refractivity contribution in [3.8, 4) is 0 Å². The highest BCUT2D eigenvalue weighted by Crippen LogP contribution is 2.20. The van der Waals surface area contributed by atoms with Gasteiger partial charge in [-0.25, -0.2) is 0 Å². The third kappa shape index (κ3) is 3.11. The molecule has 0 aliphatic rings. The van der Waals surface area contributed by atoms with E-state index in [1.165, 1.54) is 0 Å². The molecule has 0 spiro atoms. The van der Waals surface area contributed by atoms with Gasteiger partial charge in [-0.15, -0.1) is 0 Å². The molecule has 0 fully saturated rings. The number of likely N-dealkylation sites (N-methyl/N-ethyl adjacent to an activating group) is 1. The predicted octanol–water partition coefficient (Wildman–Crippen LogP) is 1.82. The highest BCUT2D eigenvalue weighted by Gasteiger charge is 2.12. The first-order valence-electron chi connectivity index (χ1n) is 6.84. The molecule has 1 heterocycles. The lowest BCUT2D eigenvalue weighted by atomic mass is 10.1. The Labute approximate surface area is 119 Å². The first-order valence-corrected chi connectivity index (χ1v) is 6.84. The third-order valence-electron chi connectivity index (χ3n) is 3.58. The highest BCUT2D eigenvalue weighted by atomic mass is 16.1. The van der Waals surface area contributed by atoms with Gasteiger partial charge < -0.3 is 20.9 Å². The number of carbonyl (C=O) groups excluding carboxylic acids is 1. The Morgan fingerprint density at radius 2 is 2.20 bits per heavy atom. The van der Waals surface area contributed by atoms with Gasteiger partial charge >= 0.3 is 0 Å². The number of H-pyrrole nitrogens is 1. The molecule has 1 amide bonds. The number of aromatic nitrogens is 1. The highest BCUT2D eigenvalue weighted by molar-refractivity contribution is 6.07. The van der Waals surface area contributed by atoms with Gasteiger partial charge in [0, 0.05) is 41.9 Å². The number of benzene rings is 1. The lowest BCUT2D eigenvalue weighted by Crippen LogP contribution is -2.36. The Morgan fingerprint density at radius 3 is 2.90 bits per heavy atom. The molecule has 0 bridgehead atoms. The number of hydrogen-bond acceptors (Lipinski definition) is 3. The monoisotopic (exact) mass is 274 g/mol. The van der Waals surface area contributed by atoms with E-state index in [-0.39, 0.29) is 5.91 Å². The van der Waals surface area contributed by atoms with Gasteiger partial charge in [0.15, 0.2) is 0 Å². The minimum absolute atomic E-state index is 0.0572. The summed E-state index contributed by atoms with van der Waals surface area (Å²) in [4.78, 5) is 17.4. The molecule has 0 aliphatic heterocycles. The third-order valence-corrected chi connectivity index (χ3v) is 3.58. The number of hydrogen-bond donors (Lipinski definition) is 3. The summed E-state index contributed by atoms with van der Waals surface area (Å²) < 4.78 is 0. The minimum atomic E-state index is -0.0572. The van der Waals surface area contributed by atoms with E-state index in [9.17, 15) is 4.79 Å². The second-order valence-corrected chi connectivity index (χ2v) is 5.34. The SMILES string of the molecule is CC(C)N(C)CCNC(=O)c1c[nH]c2cc(N)ccc12. The molecule has 2 aromatic rings. The van der Waals surface area contributed by atoms with Crippen LogP contribution in [-0.4, -0.2) is 42.0 Å². The summed E-state index contributed by atoms with van der Waals surface area (Å²) in [5.74, 6) is -0.0572. The Balaban J connectivity index is 2.01. The van der Waals surface area contributed by atoms with Gasteiger partial charge in [-0.2, -0.15) is 0 Å². The normalized spacial score (nSPS) is 11.4. The van der Waals surface area contributed by atoms with Crippen molar-refractivity contribution in [1.29, 1.82) is 0 Å². The largest absolute Gasteiger partial charge is 0.399 e. The number of anilines is 1. The fourth-order valence-electron chi connectivity index (χ4n) is 2.03. The Morgan fingerprint density at radius 1 is 1.45 bits per heavy atom. The van der Waals surface area contributed by atoms with E-state index in [2.05, 4.69) is 29.0 Å². The van der Waals surface area contributed by atoms with Crippen LogP contribution in [0, 0.1) is 0 Å². The molecule has 1 aromatic heterocycles. The summed E-state index contributed by atoms with van der Waals surface area (Å²) >= 11 is 0. The summed E-state index contributed by atoms with van der Waals surface area (Å²) in [6.07, 6.45) is 1.73. The maximum atomic E-state index is 12.2. The second kappa shape index (κ2) is 5.96. The number of amides is 1. The lowest BCUT2D eigenvalue weighted by Gasteiger charge is -2.20. The number of carbonyl (C=O) groups is 1. The van der Waals surface area contributed by atoms with Crippen molar-refractivity contribution in [1.82, 2.24) is 15.2 Å². The van der Waals surface area contributed by atoms with Crippen LogP contribution in [0.4, 0.5) is 5.69 Å². The zero-order valence-corrected chi connectivity index (χ0v) is 12.2. The molecule has 108 valence electrons. The average molecular weight is 274 g/mol. The van der Waals surface area contributed by atoms with Gasteiger partial charge in [-0.1, -0.05) is 0 Å². The quantitative estimate of drug-likeness (QED) is 0.728. The first-order chi connectivity index (χ1) is 9.49. The topological polar surface area (TPSA) is 74.2 Å². The predicted molar refractivity (Wildman–Crippen MR) is 82.8 cm³/mol. The first kappa shape index (κ1) is 14.4. The van der Waals surface area contributed by atoms with Crippen LogP contribution in [0.15, 0.2) is 24.4 Å². The Kier molecular flexibility index (Phi) is 4.29. The van der Waals surface area contributed by atoms with E-state index < -0.39 is 0 Å². The molecule has 20 heavy (non-hydrogen) atoms. The number of rotatable bonds is 5. The summed E-state index contributed by atoms with van der Waals surface area (Å²) in [5, 5.41) is 3.84. The number of nitrogens with zero attached hydrogens (tertiary/aromatic N) is 1. The van der Waals surface area contributed by atoms with Crippen LogP contribution in [0.2, 0.25) is 0 Å². The molecule has 0 saturated carbocycles.